The summed E-state index contributed by atoms with van der Waals surface area (Å²) in [5.41, 5.74) is 3.90. The third kappa shape index (κ3) is 4.72. The molecule has 26 heavy (non-hydrogen) atoms. The number of rotatable bonds is 7. The lowest BCUT2D eigenvalue weighted by atomic mass is 10.0. The molecule has 1 aliphatic heterocycles. The summed E-state index contributed by atoms with van der Waals surface area (Å²) in [4.78, 5) is 16.9. The van der Waals surface area contributed by atoms with E-state index in [-0.39, 0.29) is 5.63 Å². The van der Waals surface area contributed by atoms with Crippen molar-refractivity contribution in [2.45, 2.75) is 33.2 Å². The molecule has 0 N–H and O–H groups in total. The Bertz CT molecular complexity index is 792. The molecule has 0 amide bonds. The van der Waals surface area contributed by atoms with Crippen LogP contribution < -0.4 is 5.63 Å². The third-order valence-electron chi connectivity index (χ3n) is 5.38. The van der Waals surface area contributed by atoms with E-state index in [2.05, 4.69) is 22.8 Å². The second-order valence-electron chi connectivity index (χ2n) is 7.34. The van der Waals surface area contributed by atoms with Gasteiger partial charge in [0.1, 0.15) is 5.58 Å². The van der Waals surface area contributed by atoms with Crippen molar-refractivity contribution in [3.05, 3.63) is 45.3 Å². The second-order valence-corrected chi connectivity index (χ2v) is 7.34. The molecule has 1 aromatic heterocycles. The van der Waals surface area contributed by atoms with Crippen LogP contribution in [0, 0.1) is 13.8 Å². The van der Waals surface area contributed by atoms with Gasteiger partial charge in [-0.25, -0.2) is 4.79 Å². The summed E-state index contributed by atoms with van der Waals surface area (Å²) in [5.74, 6) is 0. The van der Waals surface area contributed by atoms with Crippen LogP contribution in [0.1, 0.15) is 29.5 Å². The second kappa shape index (κ2) is 8.80. The predicted molar refractivity (Wildman–Crippen MR) is 105 cm³/mol. The number of piperazine rings is 1. The van der Waals surface area contributed by atoms with E-state index in [0.29, 0.717) is 5.58 Å². The summed E-state index contributed by atoms with van der Waals surface area (Å²) >= 11 is 0. The van der Waals surface area contributed by atoms with Crippen molar-refractivity contribution in [3.8, 4) is 0 Å². The van der Waals surface area contributed by atoms with Gasteiger partial charge in [0.2, 0.25) is 0 Å². The number of hydrogen-bond acceptors (Lipinski definition) is 5. The van der Waals surface area contributed by atoms with Crippen LogP contribution in [-0.2, 0) is 11.3 Å². The molecule has 5 nitrogen and oxygen atoms in total. The largest absolute Gasteiger partial charge is 0.423 e. The van der Waals surface area contributed by atoms with E-state index < -0.39 is 0 Å². The molecule has 0 unspecified atom stereocenters. The normalized spacial score (nSPS) is 16.4. The first kappa shape index (κ1) is 19.1. The van der Waals surface area contributed by atoms with Gasteiger partial charge in [-0.1, -0.05) is 0 Å². The Morgan fingerprint density at radius 2 is 1.69 bits per heavy atom. The van der Waals surface area contributed by atoms with Gasteiger partial charge >= 0.3 is 5.63 Å². The molecule has 2 aromatic rings. The maximum Gasteiger partial charge on any atom is 0.336 e. The molecule has 1 aromatic carbocycles. The highest BCUT2D eigenvalue weighted by Crippen LogP contribution is 2.23. The molecule has 1 saturated heterocycles. The van der Waals surface area contributed by atoms with Crippen LogP contribution in [0.15, 0.2) is 27.4 Å². The maximum absolute atomic E-state index is 12.0. The summed E-state index contributed by atoms with van der Waals surface area (Å²) in [6.45, 7) is 11.2. The topological polar surface area (TPSA) is 45.9 Å². The zero-order valence-electron chi connectivity index (χ0n) is 16.2. The molecule has 142 valence electrons. The first-order chi connectivity index (χ1) is 12.6. The van der Waals surface area contributed by atoms with Crippen molar-refractivity contribution in [1.82, 2.24) is 9.80 Å². The number of methoxy groups -OCH3 is 1. The average molecular weight is 358 g/mol. The van der Waals surface area contributed by atoms with Crippen molar-refractivity contribution >= 4 is 11.0 Å². The van der Waals surface area contributed by atoms with Crippen LogP contribution in [0.25, 0.3) is 11.0 Å². The van der Waals surface area contributed by atoms with E-state index in [9.17, 15) is 4.79 Å². The van der Waals surface area contributed by atoms with Crippen LogP contribution in [0.2, 0.25) is 0 Å². The molecule has 3 rings (SSSR count). The van der Waals surface area contributed by atoms with Gasteiger partial charge in [-0.2, -0.15) is 0 Å². The van der Waals surface area contributed by atoms with Gasteiger partial charge in [0.15, 0.2) is 0 Å². The molecular weight excluding hydrogens is 328 g/mol. The minimum Gasteiger partial charge on any atom is -0.423 e. The first-order valence-corrected chi connectivity index (χ1v) is 9.54. The van der Waals surface area contributed by atoms with E-state index in [1.165, 1.54) is 12.0 Å². The lowest BCUT2D eigenvalue weighted by molar-refractivity contribution is 0.121. The molecule has 0 spiro atoms. The molecule has 2 heterocycles. The summed E-state index contributed by atoms with van der Waals surface area (Å²) in [6.07, 6.45) is 2.32. The predicted octanol–water partition coefficient (Wildman–Crippen LogP) is 2.95. The highest BCUT2D eigenvalue weighted by molar-refractivity contribution is 5.81. The smallest absolute Gasteiger partial charge is 0.336 e. The Kier molecular flexibility index (Phi) is 6.46. The zero-order chi connectivity index (χ0) is 18.5. The van der Waals surface area contributed by atoms with Crippen molar-refractivity contribution in [1.29, 1.82) is 0 Å². The summed E-state index contributed by atoms with van der Waals surface area (Å²) in [5, 5.41) is 1.06. The van der Waals surface area contributed by atoms with E-state index >= 15 is 0 Å². The highest BCUT2D eigenvalue weighted by atomic mass is 16.5. The quantitative estimate of drug-likeness (QED) is 0.562. The molecule has 1 fully saturated rings. The lowest BCUT2D eigenvalue weighted by Crippen LogP contribution is -2.46. The number of hydrogen-bond donors (Lipinski definition) is 0. The van der Waals surface area contributed by atoms with Gasteiger partial charge in [0, 0.05) is 57.9 Å². The van der Waals surface area contributed by atoms with Crippen molar-refractivity contribution < 1.29 is 9.15 Å². The summed E-state index contributed by atoms with van der Waals surface area (Å²) in [7, 11) is 1.76. The number of unbranched alkanes of at least 4 members (excludes halogenated alkanes) is 1. The van der Waals surface area contributed by atoms with Crippen molar-refractivity contribution in [3.63, 3.8) is 0 Å². The number of benzene rings is 1. The van der Waals surface area contributed by atoms with E-state index in [1.54, 1.807) is 13.2 Å². The van der Waals surface area contributed by atoms with Crippen LogP contribution in [0.3, 0.4) is 0 Å². The Hall–Kier alpha value is -1.69. The molecule has 5 heteroatoms. The Morgan fingerprint density at radius 3 is 2.42 bits per heavy atom. The van der Waals surface area contributed by atoms with E-state index in [1.807, 2.05) is 13.0 Å². The summed E-state index contributed by atoms with van der Waals surface area (Å²) in [6, 6.07) is 5.79. The zero-order valence-corrected chi connectivity index (χ0v) is 16.2. The fraction of sp³-hybridized carbons (Fsp3) is 0.571. The Labute approximate surface area is 155 Å². The van der Waals surface area contributed by atoms with E-state index in [0.717, 1.165) is 68.8 Å². The minimum atomic E-state index is -0.257. The maximum atomic E-state index is 12.0. The van der Waals surface area contributed by atoms with Crippen LogP contribution >= 0.6 is 0 Å². The monoisotopic (exact) mass is 358 g/mol. The van der Waals surface area contributed by atoms with Gasteiger partial charge in [0.05, 0.1) is 0 Å². The molecule has 0 bridgehead atoms. The molecule has 0 radical (unpaired) electrons. The number of nitrogens with zero attached hydrogens (tertiary/aromatic N) is 2. The standard InChI is InChI=1S/C21H30N2O3/c1-16-12-19-18(14-21(24)26-20(19)13-17(16)2)15-23-9-7-22(8-10-23)6-4-5-11-25-3/h12-14H,4-11,15H2,1-3H3. The van der Waals surface area contributed by atoms with Crippen molar-refractivity contribution in [2.75, 3.05) is 46.4 Å². The first-order valence-electron chi connectivity index (χ1n) is 9.54. The Morgan fingerprint density at radius 1 is 1.00 bits per heavy atom. The van der Waals surface area contributed by atoms with Gasteiger partial charge < -0.3 is 14.1 Å². The molecule has 0 aliphatic carbocycles. The fourth-order valence-corrected chi connectivity index (χ4v) is 3.61. The minimum absolute atomic E-state index is 0.257. The molecule has 1 aliphatic rings. The van der Waals surface area contributed by atoms with Gasteiger partial charge in [-0.05, 0) is 62.1 Å². The molecular formula is C21H30N2O3. The van der Waals surface area contributed by atoms with Gasteiger partial charge in [0.25, 0.3) is 0 Å². The lowest BCUT2D eigenvalue weighted by Gasteiger charge is -2.34. The van der Waals surface area contributed by atoms with E-state index in [4.69, 9.17) is 9.15 Å². The highest BCUT2D eigenvalue weighted by Gasteiger charge is 2.18. The molecule has 0 saturated carbocycles. The molecule has 0 atom stereocenters. The summed E-state index contributed by atoms with van der Waals surface area (Å²) < 4.78 is 10.5. The van der Waals surface area contributed by atoms with Gasteiger partial charge in [-0.15, -0.1) is 0 Å². The Balaban J connectivity index is 1.63. The SMILES string of the molecule is COCCCCN1CCN(Cc2cc(=O)oc3cc(C)c(C)cc23)CC1. The van der Waals surface area contributed by atoms with Crippen LogP contribution in [0.5, 0.6) is 0 Å². The fourth-order valence-electron chi connectivity index (χ4n) is 3.61. The number of aryl methyl sites for hydroxylation is 2. The van der Waals surface area contributed by atoms with Crippen LogP contribution in [0.4, 0.5) is 0 Å². The van der Waals surface area contributed by atoms with Crippen molar-refractivity contribution in [2.24, 2.45) is 0 Å². The van der Waals surface area contributed by atoms with Gasteiger partial charge in [-0.3, -0.25) is 4.90 Å². The third-order valence-corrected chi connectivity index (χ3v) is 5.38. The van der Waals surface area contributed by atoms with Crippen LogP contribution in [-0.4, -0.2) is 56.2 Å². The number of ether oxygens (including phenoxy) is 1. The number of fused-ring (bicyclic) bond motifs is 1. The average Bonchev–Trinajstić information content (AvgIpc) is 2.62.